The van der Waals surface area contributed by atoms with Crippen molar-refractivity contribution in [1.82, 2.24) is 4.98 Å². The number of anilines is 1. The van der Waals surface area contributed by atoms with Gasteiger partial charge in [0.2, 0.25) is 0 Å². The minimum atomic E-state index is -0.422. The predicted molar refractivity (Wildman–Crippen MR) is 70.1 cm³/mol. The molecule has 3 nitrogen and oxygen atoms in total. The number of aromatic nitrogens is 1. The normalized spacial score (nSPS) is 26.9. The smallest absolute Gasteiger partial charge is 0.129 e. The topological polar surface area (TPSA) is 36.4 Å². The average molecular weight is 234 g/mol. The number of aliphatic hydroxyl groups excluding tert-OH is 1. The fourth-order valence-corrected chi connectivity index (χ4v) is 2.46. The molecule has 1 aromatic heterocycles. The maximum atomic E-state index is 9.62. The van der Waals surface area contributed by atoms with Gasteiger partial charge in [-0.1, -0.05) is 6.92 Å². The number of pyridine rings is 1. The molecule has 0 spiro atoms. The number of aliphatic hydroxyl groups is 1. The van der Waals surface area contributed by atoms with Crippen molar-refractivity contribution < 1.29 is 5.11 Å². The summed E-state index contributed by atoms with van der Waals surface area (Å²) < 4.78 is 0. The third kappa shape index (κ3) is 2.78. The fourth-order valence-electron chi connectivity index (χ4n) is 2.46. The molecule has 3 atom stereocenters. The van der Waals surface area contributed by atoms with E-state index in [0.29, 0.717) is 6.04 Å². The quantitative estimate of drug-likeness (QED) is 0.854. The van der Waals surface area contributed by atoms with E-state index in [1.165, 1.54) is 12.8 Å². The Labute approximate surface area is 103 Å². The van der Waals surface area contributed by atoms with Crippen molar-refractivity contribution in [2.24, 2.45) is 5.92 Å². The number of nitrogens with zero attached hydrogens (tertiary/aromatic N) is 2. The maximum Gasteiger partial charge on any atom is 0.129 e. The van der Waals surface area contributed by atoms with Crippen LogP contribution in [0.15, 0.2) is 18.3 Å². The van der Waals surface area contributed by atoms with Crippen molar-refractivity contribution in [3.8, 4) is 0 Å². The van der Waals surface area contributed by atoms with Crippen molar-refractivity contribution >= 4 is 5.82 Å². The molecule has 0 aliphatic carbocycles. The van der Waals surface area contributed by atoms with Gasteiger partial charge in [-0.15, -0.1) is 0 Å². The van der Waals surface area contributed by atoms with E-state index in [9.17, 15) is 5.11 Å². The molecule has 1 N–H and O–H groups in total. The Balaban J connectivity index is 2.23. The summed E-state index contributed by atoms with van der Waals surface area (Å²) in [7, 11) is 0. The molecule has 0 saturated carbocycles. The van der Waals surface area contributed by atoms with Crippen molar-refractivity contribution in [3.05, 3.63) is 23.9 Å². The van der Waals surface area contributed by atoms with E-state index in [-0.39, 0.29) is 0 Å². The third-order valence-corrected chi connectivity index (χ3v) is 3.66. The van der Waals surface area contributed by atoms with E-state index >= 15 is 0 Å². The molecule has 1 fully saturated rings. The molecule has 17 heavy (non-hydrogen) atoms. The van der Waals surface area contributed by atoms with Crippen LogP contribution in [0.4, 0.5) is 5.82 Å². The highest BCUT2D eigenvalue weighted by molar-refractivity contribution is 5.43. The molecular formula is C14H22N2O. The Bertz CT molecular complexity index is 378. The van der Waals surface area contributed by atoms with Crippen LogP contribution in [0, 0.1) is 5.92 Å². The van der Waals surface area contributed by atoms with Gasteiger partial charge in [0.05, 0.1) is 6.10 Å². The minimum Gasteiger partial charge on any atom is -0.389 e. The lowest BCUT2D eigenvalue weighted by molar-refractivity contribution is 0.199. The van der Waals surface area contributed by atoms with E-state index in [1.54, 1.807) is 13.1 Å². The maximum absolute atomic E-state index is 9.62. The molecule has 2 heterocycles. The summed E-state index contributed by atoms with van der Waals surface area (Å²) in [4.78, 5) is 6.81. The SMILES string of the molecule is CC1CCC(C)N(c2cc(C(C)O)ccn2)C1. The van der Waals surface area contributed by atoms with Crippen LogP contribution in [0.2, 0.25) is 0 Å². The number of hydrogen-bond donors (Lipinski definition) is 1. The van der Waals surface area contributed by atoms with Crippen molar-refractivity contribution in [1.29, 1.82) is 0 Å². The minimum absolute atomic E-state index is 0.422. The van der Waals surface area contributed by atoms with Gasteiger partial charge in [-0.2, -0.15) is 0 Å². The molecule has 0 amide bonds. The molecule has 0 radical (unpaired) electrons. The molecule has 0 bridgehead atoms. The molecule has 1 saturated heterocycles. The first-order chi connectivity index (χ1) is 8.08. The Morgan fingerprint density at radius 3 is 2.88 bits per heavy atom. The first-order valence-corrected chi connectivity index (χ1v) is 6.48. The third-order valence-electron chi connectivity index (χ3n) is 3.66. The van der Waals surface area contributed by atoms with Crippen LogP contribution >= 0.6 is 0 Å². The van der Waals surface area contributed by atoms with Gasteiger partial charge in [0.15, 0.2) is 0 Å². The summed E-state index contributed by atoms with van der Waals surface area (Å²) in [5, 5.41) is 9.62. The predicted octanol–water partition coefficient (Wildman–Crippen LogP) is 2.76. The average Bonchev–Trinajstić information content (AvgIpc) is 2.32. The van der Waals surface area contributed by atoms with E-state index in [0.717, 1.165) is 23.8 Å². The molecule has 1 aliphatic rings. The van der Waals surface area contributed by atoms with Crippen molar-refractivity contribution in [2.75, 3.05) is 11.4 Å². The standard InChI is InChI=1S/C14H22N2O/c1-10-4-5-11(2)16(9-10)14-8-13(12(3)17)6-7-15-14/h6-8,10-12,17H,4-5,9H2,1-3H3. The van der Waals surface area contributed by atoms with Crippen molar-refractivity contribution in [2.45, 2.75) is 45.8 Å². The first kappa shape index (κ1) is 12.4. The lowest BCUT2D eigenvalue weighted by Gasteiger charge is -2.37. The molecule has 0 aromatic carbocycles. The highest BCUT2D eigenvalue weighted by atomic mass is 16.3. The zero-order chi connectivity index (χ0) is 12.4. The lowest BCUT2D eigenvalue weighted by Crippen LogP contribution is -2.41. The van der Waals surface area contributed by atoms with Crippen LogP contribution in [0.1, 0.15) is 45.3 Å². The van der Waals surface area contributed by atoms with Gasteiger partial charge in [-0.05, 0) is 50.3 Å². The van der Waals surface area contributed by atoms with Gasteiger partial charge in [0.25, 0.3) is 0 Å². The molecule has 1 aromatic rings. The van der Waals surface area contributed by atoms with E-state index in [4.69, 9.17) is 0 Å². The number of rotatable bonds is 2. The van der Waals surface area contributed by atoms with Gasteiger partial charge in [-0.3, -0.25) is 0 Å². The van der Waals surface area contributed by atoms with Crippen molar-refractivity contribution in [3.63, 3.8) is 0 Å². The molecule has 3 heteroatoms. The molecular weight excluding hydrogens is 212 g/mol. The molecule has 94 valence electrons. The van der Waals surface area contributed by atoms with Gasteiger partial charge in [0, 0.05) is 18.8 Å². The number of piperidine rings is 1. The summed E-state index contributed by atoms with van der Waals surface area (Å²) in [6.45, 7) is 7.40. The van der Waals surface area contributed by atoms with Crippen LogP contribution < -0.4 is 4.90 Å². The van der Waals surface area contributed by atoms with Crippen LogP contribution in [0.25, 0.3) is 0 Å². The highest BCUT2D eigenvalue weighted by Crippen LogP contribution is 2.27. The second-order valence-electron chi connectivity index (χ2n) is 5.31. The van der Waals surface area contributed by atoms with Gasteiger partial charge in [-0.25, -0.2) is 4.98 Å². The zero-order valence-corrected chi connectivity index (χ0v) is 10.9. The summed E-state index contributed by atoms with van der Waals surface area (Å²) in [5.41, 5.74) is 0.945. The second-order valence-corrected chi connectivity index (χ2v) is 5.31. The summed E-state index contributed by atoms with van der Waals surface area (Å²) >= 11 is 0. The van der Waals surface area contributed by atoms with Crippen LogP contribution in [0.3, 0.4) is 0 Å². The molecule has 2 rings (SSSR count). The van der Waals surface area contributed by atoms with Gasteiger partial charge in [0.1, 0.15) is 5.82 Å². The summed E-state index contributed by atoms with van der Waals surface area (Å²) in [5.74, 6) is 1.73. The summed E-state index contributed by atoms with van der Waals surface area (Å²) in [6, 6.07) is 4.44. The van der Waals surface area contributed by atoms with Crippen LogP contribution in [-0.4, -0.2) is 22.7 Å². The lowest BCUT2D eigenvalue weighted by atomic mass is 9.95. The highest BCUT2D eigenvalue weighted by Gasteiger charge is 2.24. The second kappa shape index (κ2) is 5.05. The molecule has 1 aliphatic heterocycles. The largest absolute Gasteiger partial charge is 0.389 e. The van der Waals surface area contributed by atoms with Gasteiger partial charge < -0.3 is 10.0 Å². The first-order valence-electron chi connectivity index (χ1n) is 6.48. The Hall–Kier alpha value is -1.09. The fraction of sp³-hybridized carbons (Fsp3) is 0.643. The van der Waals surface area contributed by atoms with Gasteiger partial charge >= 0.3 is 0 Å². The van der Waals surface area contributed by atoms with E-state index in [1.807, 2.05) is 12.1 Å². The van der Waals surface area contributed by atoms with E-state index < -0.39 is 6.10 Å². The van der Waals surface area contributed by atoms with E-state index in [2.05, 4.69) is 23.7 Å². The van der Waals surface area contributed by atoms with Crippen LogP contribution in [-0.2, 0) is 0 Å². The Morgan fingerprint density at radius 2 is 2.18 bits per heavy atom. The monoisotopic (exact) mass is 234 g/mol. The Morgan fingerprint density at radius 1 is 1.41 bits per heavy atom. The Kier molecular flexibility index (Phi) is 3.67. The zero-order valence-electron chi connectivity index (χ0n) is 10.9. The van der Waals surface area contributed by atoms with Crippen LogP contribution in [0.5, 0.6) is 0 Å². The summed E-state index contributed by atoms with van der Waals surface area (Å²) in [6.07, 6.45) is 3.90. The number of hydrogen-bond acceptors (Lipinski definition) is 3. The molecule has 3 unspecified atom stereocenters.